The normalized spacial score (nSPS) is 11.8. The number of carbonyl (C=O) groups excluding carboxylic acids is 1. The van der Waals surface area contributed by atoms with E-state index in [0.29, 0.717) is 6.54 Å². The van der Waals surface area contributed by atoms with Crippen molar-refractivity contribution in [2.45, 2.75) is 19.6 Å². The zero-order chi connectivity index (χ0) is 24.8. The molecule has 7 nitrogen and oxygen atoms in total. The van der Waals surface area contributed by atoms with E-state index in [1.54, 1.807) is 6.92 Å². The lowest BCUT2D eigenvalue weighted by Crippen LogP contribution is -2.21. The van der Waals surface area contributed by atoms with Gasteiger partial charge in [0, 0.05) is 24.7 Å². The van der Waals surface area contributed by atoms with Gasteiger partial charge in [0.05, 0.1) is 17.5 Å². The zero-order valence-electron chi connectivity index (χ0n) is 17.5. The van der Waals surface area contributed by atoms with Gasteiger partial charge in [-0.05, 0) is 42.8 Å². The fourth-order valence-corrected chi connectivity index (χ4v) is 3.23. The number of pyridine rings is 1. The predicted octanol–water partition coefficient (Wildman–Crippen LogP) is 3.35. The summed E-state index contributed by atoms with van der Waals surface area (Å²) in [4.78, 5) is 15.7. The van der Waals surface area contributed by atoms with Crippen LogP contribution >= 0.6 is 0 Å². The Kier molecular flexibility index (Phi) is 8.05. The van der Waals surface area contributed by atoms with Crippen LogP contribution in [0.5, 0.6) is 0 Å². The third kappa shape index (κ3) is 7.50. The Morgan fingerprint density at radius 2 is 1.97 bits per heavy atom. The molecule has 1 heterocycles. The van der Waals surface area contributed by atoms with Crippen molar-refractivity contribution in [3.05, 3.63) is 58.5 Å². The van der Waals surface area contributed by atoms with Crippen LogP contribution in [0.15, 0.2) is 30.3 Å². The number of hydrogen-bond donors (Lipinski definition) is 3. The van der Waals surface area contributed by atoms with E-state index in [-0.39, 0.29) is 34.7 Å². The van der Waals surface area contributed by atoms with Crippen molar-refractivity contribution >= 4 is 33.5 Å². The number of terminal acetylenes is 1. The van der Waals surface area contributed by atoms with Crippen molar-refractivity contribution in [1.82, 2.24) is 10.3 Å². The monoisotopic (exact) mass is 484 g/mol. The molecule has 176 valence electrons. The fraction of sp³-hybridized carbons (Fsp3) is 0.238. The molecule has 0 saturated heterocycles. The van der Waals surface area contributed by atoms with Crippen LogP contribution in [0.1, 0.15) is 29.3 Å². The molecule has 2 rings (SSSR count). The van der Waals surface area contributed by atoms with Crippen molar-refractivity contribution in [3.8, 4) is 12.3 Å². The molecule has 0 aliphatic carbocycles. The highest BCUT2D eigenvalue weighted by molar-refractivity contribution is 7.92. The molecule has 33 heavy (non-hydrogen) atoms. The number of anilines is 2. The highest BCUT2D eigenvalue weighted by Gasteiger charge is 2.32. The average molecular weight is 484 g/mol. The number of rotatable bonds is 8. The summed E-state index contributed by atoms with van der Waals surface area (Å²) >= 11 is 0. The lowest BCUT2D eigenvalue weighted by Gasteiger charge is -2.12. The van der Waals surface area contributed by atoms with Gasteiger partial charge in [-0.15, -0.1) is 6.42 Å². The Balaban J connectivity index is 2.15. The number of benzene rings is 1. The molecule has 0 radical (unpaired) electrons. The van der Waals surface area contributed by atoms with Crippen molar-refractivity contribution in [3.63, 3.8) is 0 Å². The quantitative estimate of drug-likeness (QED) is 0.303. The van der Waals surface area contributed by atoms with Crippen molar-refractivity contribution < 1.29 is 30.8 Å². The Morgan fingerprint density at radius 3 is 2.55 bits per heavy atom. The van der Waals surface area contributed by atoms with Gasteiger partial charge >= 0.3 is 6.18 Å². The summed E-state index contributed by atoms with van der Waals surface area (Å²) in [6.45, 7) is 1.86. The maximum atomic E-state index is 14.3. The molecule has 0 aliphatic heterocycles. The summed E-state index contributed by atoms with van der Waals surface area (Å²) in [6, 6.07) is 4.33. The fourth-order valence-electron chi connectivity index (χ4n) is 2.65. The Morgan fingerprint density at radius 1 is 1.27 bits per heavy atom. The van der Waals surface area contributed by atoms with E-state index in [2.05, 4.69) is 21.5 Å². The number of hydrogen-bond acceptors (Lipinski definition) is 5. The van der Waals surface area contributed by atoms with Crippen LogP contribution < -0.4 is 15.4 Å². The molecule has 0 aliphatic rings. The molecule has 0 unspecified atom stereocenters. The predicted molar refractivity (Wildman–Crippen MR) is 117 cm³/mol. The lowest BCUT2D eigenvalue weighted by molar-refractivity contribution is -0.141. The molecule has 1 aromatic heterocycles. The maximum Gasteiger partial charge on any atom is 0.433 e. The molecule has 0 fully saturated rings. The minimum absolute atomic E-state index is 0.0360. The van der Waals surface area contributed by atoms with Crippen LogP contribution in [0, 0.1) is 18.2 Å². The minimum atomic E-state index is -4.61. The summed E-state index contributed by atoms with van der Waals surface area (Å²) in [6.07, 6.45) is 3.93. The molecule has 0 bridgehead atoms. The molecule has 2 aromatic rings. The van der Waals surface area contributed by atoms with Gasteiger partial charge in [-0.2, -0.15) is 13.2 Å². The van der Waals surface area contributed by atoms with Crippen LogP contribution in [-0.4, -0.2) is 32.1 Å². The number of carbonyl (C=O) groups is 1. The van der Waals surface area contributed by atoms with Gasteiger partial charge in [-0.1, -0.05) is 5.92 Å². The first-order valence-electron chi connectivity index (χ1n) is 9.39. The van der Waals surface area contributed by atoms with Gasteiger partial charge in [-0.25, -0.2) is 17.8 Å². The topological polar surface area (TPSA) is 100 Å². The van der Waals surface area contributed by atoms with Crippen LogP contribution in [0.4, 0.5) is 29.1 Å². The number of sulfonamides is 1. The summed E-state index contributed by atoms with van der Waals surface area (Å²) in [5.74, 6) is 0.616. The number of halogens is 4. The minimum Gasteiger partial charge on any atom is -0.370 e. The molecule has 1 amide bonds. The van der Waals surface area contributed by atoms with Crippen LogP contribution in [0.2, 0.25) is 0 Å². The Labute approximate surface area is 188 Å². The van der Waals surface area contributed by atoms with Crippen molar-refractivity contribution in [1.29, 1.82) is 0 Å². The Bertz CT molecular complexity index is 1220. The summed E-state index contributed by atoms with van der Waals surface area (Å²) in [5.41, 5.74) is -0.963. The summed E-state index contributed by atoms with van der Waals surface area (Å²) in [5, 5.41) is 5.19. The largest absolute Gasteiger partial charge is 0.433 e. The highest BCUT2D eigenvalue weighted by Crippen LogP contribution is 2.30. The van der Waals surface area contributed by atoms with E-state index in [4.69, 9.17) is 6.42 Å². The molecule has 0 atom stereocenters. The molecule has 0 saturated carbocycles. The SMILES string of the molecule is C#Cc1cc(CNC(=O)/C=C/c2ccc(C(F)(F)F)nc2NCC)cc(F)c1NS(C)(=O)=O. The van der Waals surface area contributed by atoms with Gasteiger partial charge in [0.15, 0.2) is 0 Å². The standard InChI is InChI=1S/C21H20F4N4O3S/c1-4-14-10-13(11-16(22)19(14)29-33(3,31)32)12-27-18(30)9-7-15-6-8-17(21(23,24)25)28-20(15)26-5-2/h1,6-11,29H,5,12H2,2-3H3,(H,26,28)(H,27,30)/b9-7+. The number of nitrogens with one attached hydrogen (secondary N) is 3. The number of amides is 1. The second kappa shape index (κ2) is 10.4. The van der Waals surface area contributed by atoms with E-state index in [1.807, 2.05) is 4.72 Å². The van der Waals surface area contributed by atoms with Crippen LogP contribution in [-0.2, 0) is 27.5 Å². The van der Waals surface area contributed by atoms with Crippen LogP contribution in [0.25, 0.3) is 6.08 Å². The van der Waals surface area contributed by atoms with E-state index < -0.39 is 33.6 Å². The van der Waals surface area contributed by atoms with E-state index >= 15 is 0 Å². The molecule has 12 heteroatoms. The third-order valence-electron chi connectivity index (χ3n) is 4.04. The van der Waals surface area contributed by atoms with Gasteiger partial charge in [0.2, 0.25) is 15.9 Å². The first-order valence-corrected chi connectivity index (χ1v) is 11.3. The van der Waals surface area contributed by atoms with Crippen LogP contribution in [0.3, 0.4) is 0 Å². The molecular formula is C21H20F4N4O3S. The molecule has 0 spiro atoms. The van der Waals surface area contributed by atoms with Crippen molar-refractivity contribution in [2.24, 2.45) is 0 Å². The smallest absolute Gasteiger partial charge is 0.370 e. The maximum absolute atomic E-state index is 14.3. The number of nitrogens with zero attached hydrogens (tertiary/aromatic N) is 1. The zero-order valence-corrected chi connectivity index (χ0v) is 18.4. The first-order chi connectivity index (χ1) is 15.3. The molecule has 1 aromatic carbocycles. The average Bonchev–Trinajstić information content (AvgIpc) is 2.71. The van der Waals surface area contributed by atoms with E-state index in [0.717, 1.165) is 24.5 Å². The summed E-state index contributed by atoms with van der Waals surface area (Å²) in [7, 11) is -3.76. The number of alkyl halides is 3. The molecule has 3 N–H and O–H groups in total. The molecular weight excluding hydrogens is 464 g/mol. The van der Waals surface area contributed by atoms with Gasteiger partial charge in [0.1, 0.15) is 17.3 Å². The van der Waals surface area contributed by atoms with Gasteiger partial charge in [-0.3, -0.25) is 9.52 Å². The van der Waals surface area contributed by atoms with E-state index in [1.165, 1.54) is 18.2 Å². The van der Waals surface area contributed by atoms with Gasteiger partial charge < -0.3 is 10.6 Å². The lowest BCUT2D eigenvalue weighted by atomic mass is 10.1. The second-order valence-corrected chi connectivity index (χ2v) is 8.48. The Hall–Kier alpha value is -3.59. The third-order valence-corrected chi connectivity index (χ3v) is 4.61. The summed E-state index contributed by atoms with van der Waals surface area (Å²) < 4.78 is 77.6. The van der Waals surface area contributed by atoms with E-state index in [9.17, 15) is 30.8 Å². The number of aromatic nitrogens is 1. The second-order valence-electron chi connectivity index (χ2n) is 6.73. The van der Waals surface area contributed by atoms with Crippen molar-refractivity contribution in [2.75, 3.05) is 22.8 Å². The first kappa shape index (κ1) is 25.7. The highest BCUT2D eigenvalue weighted by atomic mass is 32.2. The van der Waals surface area contributed by atoms with Gasteiger partial charge in [0.25, 0.3) is 0 Å².